The quantitative estimate of drug-likeness (QED) is 0.880. The fraction of sp³-hybridized carbons (Fsp3) is 0.167. The minimum atomic E-state index is 0.655. The van der Waals surface area contributed by atoms with E-state index in [0.29, 0.717) is 6.42 Å². The number of fused-ring (bicyclic) bond motifs is 1. The van der Waals surface area contributed by atoms with Crippen LogP contribution in [-0.2, 0) is 12.8 Å². The molecule has 5 heteroatoms. The van der Waals surface area contributed by atoms with E-state index in [9.17, 15) is 0 Å². The summed E-state index contributed by atoms with van der Waals surface area (Å²) in [7, 11) is 0. The summed E-state index contributed by atoms with van der Waals surface area (Å²) in [4.78, 5) is 9.01. The van der Waals surface area contributed by atoms with Crippen molar-refractivity contribution in [2.24, 2.45) is 0 Å². The molecule has 0 fully saturated rings. The molecule has 0 saturated heterocycles. The number of anilines is 1. The number of aromatic nitrogens is 2. The number of hydrogen-bond acceptors (Lipinski definition) is 4. The van der Waals surface area contributed by atoms with Gasteiger partial charge < -0.3 is 5.73 Å². The SMILES string of the molecule is C=CCc1nc(CC=C)c2sc(N)c(Br)c2n1. The molecule has 3 nitrogen and oxygen atoms in total. The van der Waals surface area contributed by atoms with Gasteiger partial charge in [0.1, 0.15) is 16.3 Å². The van der Waals surface area contributed by atoms with E-state index < -0.39 is 0 Å². The Balaban J connectivity index is 2.70. The Labute approximate surface area is 112 Å². The molecule has 0 radical (unpaired) electrons. The predicted octanol–water partition coefficient (Wildman–Crippen LogP) is 3.49. The van der Waals surface area contributed by atoms with Gasteiger partial charge in [-0.05, 0) is 15.9 Å². The smallest absolute Gasteiger partial charge is 0.133 e. The lowest BCUT2D eigenvalue weighted by Gasteiger charge is -2.02. The summed E-state index contributed by atoms with van der Waals surface area (Å²) in [5.74, 6) is 0.767. The fourth-order valence-corrected chi connectivity index (χ4v) is 3.13. The third-order valence-corrected chi connectivity index (χ3v) is 4.41. The van der Waals surface area contributed by atoms with Crippen LogP contribution in [0.4, 0.5) is 5.00 Å². The molecule has 2 N–H and O–H groups in total. The van der Waals surface area contributed by atoms with Crippen molar-refractivity contribution in [3.8, 4) is 0 Å². The molecule has 0 atom stereocenters. The molecule has 0 bridgehead atoms. The highest BCUT2D eigenvalue weighted by molar-refractivity contribution is 9.10. The van der Waals surface area contributed by atoms with E-state index >= 15 is 0 Å². The minimum absolute atomic E-state index is 0.655. The number of nitrogens with zero attached hydrogens (tertiary/aromatic N) is 2. The zero-order chi connectivity index (χ0) is 12.4. The highest BCUT2D eigenvalue weighted by atomic mass is 79.9. The van der Waals surface area contributed by atoms with Gasteiger partial charge in [-0.1, -0.05) is 12.2 Å². The Kier molecular flexibility index (Phi) is 3.59. The topological polar surface area (TPSA) is 51.8 Å². The molecule has 2 rings (SSSR count). The van der Waals surface area contributed by atoms with Crippen molar-refractivity contribution in [2.75, 3.05) is 5.73 Å². The van der Waals surface area contributed by atoms with Gasteiger partial charge in [0, 0.05) is 12.8 Å². The number of nitrogens with two attached hydrogens (primary N) is 1. The maximum atomic E-state index is 5.90. The highest BCUT2D eigenvalue weighted by Gasteiger charge is 2.14. The number of halogens is 1. The second-order valence-corrected chi connectivity index (χ2v) is 5.38. The van der Waals surface area contributed by atoms with E-state index in [1.807, 2.05) is 6.08 Å². The Morgan fingerprint density at radius 1 is 1.24 bits per heavy atom. The first-order chi connectivity index (χ1) is 8.17. The third-order valence-electron chi connectivity index (χ3n) is 2.28. The number of thiophene rings is 1. The molecule has 0 aliphatic carbocycles. The van der Waals surface area contributed by atoms with E-state index in [1.54, 1.807) is 6.08 Å². The molecule has 2 aromatic rings. The molecule has 17 heavy (non-hydrogen) atoms. The van der Waals surface area contributed by atoms with Gasteiger partial charge in [0.15, 0.2) is 0 Å². The van der Waals surface area contributed by atoms with Crippen molar-refractivity contribution in [3.05, 3.63) is 41.3 Å². The first kappa shape index (κ1) is 12.3. The van der Waals surface area contributed by atoms with E-state index in [1.165, 1.54) is 11.3 Å². The minimum Gasteiger partial charge on any atom is -0.390 e. The van der Waals surface area contributed by atoms with Crippen LogP contribution in [0, 0.1) is 0 Å². The average molecular weight is 310 g/mol. The zero-order valence-corrected chi connectivity index (χ0v) is 11.6. The summed E-state index contributed by atoms with van der Waals surface area (Å²) in [6.07, 6.45) is 5.00. The standard InChI is InChI=1S/C12H12BrN3S/c1-3-5-7-11-10(9(13)12(14)17-11)16-8(15-7)6-4-2/h3-4H,1-2,5-6,14H2. The summed E-state index contributed by atoms with van der Waals surface area (Å²) in [5.41, 5.74) is 7.76. The van der Waals surface area contributed by atoms with Gasteiger partial charge in [-0.2, -0.15) is 0 Å². The maximum absolute atomic E-state index is 5.90. The van der Waals surface area contributed by atoms with Gasteiger partial charge in [-0.15, -0.1) is 24.5 Å². The zero-order valence-electron chi connectivity index (χ0n) is 9.24. The van der Waals surface area contributed by atoms with Crippen molar-refractivity contribution >= 4 is 42.5 Å². The van der Waals surface area contributed by atoms with Crippen LogP contribution < -0.4 is 5.73 Å². The monoisotopic (exact) mass is 309 g/mol. The maximum Gasteiger partial charge on any atom is 0.133 e. The number of allylic oxidation sites excluding steroid dienone is 2. The summed E-state index contributed by atoms with van der Waals surface area (Å²) < 4.78 is 1.89. The first-order valence-corrected chi connectivity index (χ1v) is 6.73. The lowest BCUT2D eigenvalue weighted by molar-refractivity contribution is 0.973. The Morgan fingerprint density at radius 2 is 1.94 bits per heavy atom. The molecule has 0 aromatic carbocycles. The van der Waals surface area contributed by atoms with Crippen molar-refractivity contribution in [2.45, 2.75) is 12.8 Å². The van der Waals surface area contributed by atoms with Crippen LogP contribution in [0.1, 0.15) is 11.5 Å². The number of hydrogen-bond donors (Lipinski definition) is 1. The first-order valence-electron chi connectivity index (χ1n) is 5.12. The molecule has 2 heterocycles. The van der Waals surface area contributed by atoms with Crippen LogP contribution in [0.3, 0.4) is 0 Å². The van der Waals surface area contributed by atoms with E-state index in [4.69, 9.17) is 5.73 Å². The molecule has 0 spiro atoms. The van der Waals surface area contributed by atoms with Crippen LogP contribution in [0.15, 0.2) is 29.8 Å². The normalized spacial score (nSPS) is 10.6. The highest BCUT2D eigenvalue weighted by Crippen LogP contribution is 2.38. The largest absolute Gasteiger partial charge is 0.390 e. The lowest BCUT2D eigenvalue weighted by Crippen LogP contribution is -1.98. The number of nitrogen functional groups attached to an aromatic ring is 1. The van der Waals surface area contributed by atoms with Gasteiger partial charge in [-0.3, -0.25) is 0 Å². The summed E-state index contributed by atoms with van der Waals surface area (Å²) in [6.45, 7) is 7.45. The molecule has 0 amide bonds. The summed E-state index contributed by atoms with van der Waals surface area (Å²) in [5, 5.41) is 0.732. The van der Waals surface area contributed by atoms with Crippen LogP contribution in [0.2, 0.25) is 0 Å². The molecule has 0 aliphatic rings. The lowest BCUT2D eigenvalue weighted by atomic mass is 10.2. The van der Waals surface area contributed by atoms with Gasteiger partial charge in [0.25, 0.3) is 0 Å². The molecular formula is C12H12BrN3S. The van der Waals surface area contributed by atoms with Crippen molar-refractivity contribution in [3.63, 3.8) is 0 Å². The van der Waals surface area contributed by atoms with Gasteiger partial charge in [-0.25, -0.2) is 9.97 Å². The third kappa shape index (κ3) is 2.25. The molecule has 0 aliphatic heterocycles. The second kappa shape index (κ2) is 4.98. The molecule has 2 aromatic heterocycles. The second-order valence-electron chi connectivity index (χ2n) is 3.53. The van der Waals surface area contributed by atoms with Gasteiger partial charge >= 0.3 is 0 Å². The molecule has 0 saturated carbocycles. The fourth-order valence-electron chi connectivity index (χ4n) is 1.57. The molecule has 88 valence electrons. The van der Waals surface area contributed by atoms with Crippen molar-refractivity contribution in [1.29, 1.82) is 0 Å². The Hall–Kier alpha value is -1.20. The van der Waals surface area contributed by atoms with Gasteiger partial charge in [0.05, 0.1) is 14.9 Å². The van der Waals surface area contributed by atoms with E-state index in [-0.39, 0.29) is 0 Å². The molecular weight excluding hydrogens is 298 g/mol. The summed E-state index contributed by atoms with van der Waals surface area (Å²) >= 11 is 4.97. The van der Waals surface area contributed by atoms with Gasteiger partial charge in [0.2, 0.25) is 0 Å². The number of rotatable bonds is 4. The van der Waals surface area contributed by atoms with Crippen LogP contribution >= 0.6 is 27.3 Å². The van der Waals surface area contributed by atoms with Crippen molar-refractivity contribution in [1.82, 2.24) is 9.97 Å². The van der Waals surface area contributed by atoms with E-state index in [0.717, 1.165) is 37.6 Å². The van der Waals surface area contributed by atoms with Crippen LogP contribution in [0.25, 0.3) is 10.2 Å². The molecule has 0 unspecified atom stereocenters. The van der Waals surface area contributed by atoms with Crippen LogP contribution in [-0.4, -0.2) is 9.97 Å². The Morgan fingerprint density at radius 3 is 2.59 bits per heavy atom. The average Bonchev–Trinajstić information content (AvgIpc) is 2.58. The van der Waals surface area contributed by atoms with E-state index in [2.05, 4.69) is 39.1 Å². The Bertz CT molecular complexity index is 589. The van der Waals surface area contributed by atoms with Crippen LogP contribution in [0.5, 0.6) is 0 Å². The van der Waals surface area contributed by atoms with Crippen molar-refractivity contribution < 1.29 is 0 Å². The summed E-state index contributed by atoms with van der Waals surface area (Å²) in [6, 6.07) is 0. The predicted molar refractivity (Wildman–Crippen MR) is 77.3 cm³/mol.